The Hall–Kier alpha value is -4.18. The van der Waals surface area contributed by atoms with Gasteiger partial charge in [-0.25, -0.2) is 13.4 Å². The van der Waals surface area contributed by atoms with Gasteiger partial charge in [-0.2, -0.15) is 0 Å². The van der Waals surface area contributed by atoms with E-state index < -0.39 is 15.9 Å². The molecule has 0 aliphatic carbocycles. The molecule has 174 valence electrons. The fourth-order valence-corrected chi connectivity index (χ4v) is 4.48. The van der Waals surface area contributed by atoms with Gasteiger partial charge in [0.2, 0.25) is 5.95 Å². The maximum absolute atomic E-state index is 13.0. The molecule has 4 rings (SSSR count). The molecule has 0 saturated carbocycles. The van der Waals surface area contributed by atoms with Gasteiger partial charge in [0.25, 0.3) is 15.9 Å². The van der Waals surface area contributed by atoms with E-state index in [1.807, 2.05) is 18.2 Å². The third-order valence-corrected chi connectivity index (χ3v) is 6.47. The Labute approximate surface area is 196 Å². The number of ether oxygens (including phenoxy) is 1. The SMILES string of the molecule is COC(=O)CCn1c(NC(=O)c2cccc(NS(=O)(=O)c3ccccc3)c2)nc2ccccc21. The molecular weight excluding hydrogens is 456 g/mol. The van der Waals surface area contributed by atoms with E-state index in [1.54, 1.807) is 47.0 Å². The number of imidazole rings is 1. The van der Waals surface area contributed by atoms with Crippen LogP contribution in [0.2, 0.25) is 0 Å². The average molecular weight is 479 g/mol. The van der Waals surface area contributed by atoms with Gasteiger partial charge >= 0.3 is 5.97 Å². The second kappa shape index (κ2) is 9.75. The lowest BCUT2D eigenvalue weighted by Gasteiger charge is -2.11. The van der Waals surface area contributed by atoms with Crippen molar-refractivity contribution in [2.24, 2.45) is 0 Å². The number of nitrogens with one attached hydrogen (secondary N) is 2. The summed E-state index contributed by atoms with van der Waals surface area (Å²) in [6.45, 7) is 0.264. The zero-order chi connectivity index (χ0) is 24.1. The number of fused-ring (bicyclic) bond motifs is 1. The Morgan fingerprint density at radius 2 is 1.71 bits per heavy atom. The van der Waals surface area contributed by atoms with E-state index in [2.05, 4.69) is 15.0 Å². The molecule has 1 heterocycles. The molecule has 0 bridgehead atoms. The Bertz CT molecular complexity index is 1450. The second-order valence-corrected chi connectivity index (χ2v) is 9.04. The number of hydrogen-bond donors (Lipinski definition) is 2. The number of methoxy groups -OCH3 is 1. The van der Waals surface area contributed by atoms with Crippen LogP contribution in [0.15, 0.2) is 83.8 Å². The molecule has 9 nitrogen and oxygen atoms in total. The third-order valence-electron chi connectivity index (χ3n) is 5.08. The van der Waals surface area contributed by atoms with E-state index >= 15 is 0 Å². The van der Waals surface area contributed by atoms with E-state index in [9.17, 15) is 18.0 Å². The van der Waals surface area contributed by atoms with Crippen molar-refractivity contribution in [1.82, 2.24) is 9.55 Å². The summed E-state index contributed by atoms with van der Waals surface area (Å²) in [4.78, 5) is 29.2. The van der Waals surface area contributed by atoms with Gasteiger partial charge in [0, 0.05) is 17.8 Å². The number of carbonyl (C=O) groups excluding carboxylic acids is 2. The molecule has 2 N–H and O–H groups in total. The second-order valence-electron chi connectivity index (χ2n) is 7.36. The number of anilines is 2. The van der Waals surface area contributed by atoms with Crippen molar-refractivity contribution in [3.63, 3.8) is 0 Å². The molecule has 0 fully saturated rings. The minimum absolute atomic E-state index is 0.108. The molecule has 0 aliphatic heterocycles. The average Bonchev–Trinajstić information content (AvgIpc) is 3.19. The number of benzene rings is 3. The summed E-state index contributed by atoms with van der Waals surface area (Å²) >= 11 is 0. The van der Waals surface area contributed by atoms with Crippen molar-refractivity contribution in [3.8, 4) is 0 Å². The van der Waals surface area contributed by atoms with Gasteiger partial charge in [-0.3, -0.25) is 19.6 Å². The van der Waals surface area contributed by atoms with Crippen molar-refractivity contribution < 1.29 is 22.7 Å². The number of para-hydroxylation sites is 2. The van der Waals surface area contributed by atoms with Gasteiger partial charge < -0.3 is 9.30 Å². The zero-order valence-corrected chi connectivity index (χ0v) is 19.1. The first-order chi connectivity index (χ1) is 16.4. The van der Waals surface area contributed by atoms with Crippen molar-refractivity contribution in [1.29, 1.82) is 0 Å². The Kier molecular flexibility index (Phi) is 6.60. The summed E-state index contributed by atoms with van der Waals surface area (Å²) in [6.07, 6.45) is 0.108. The maximum atomic E-state index is 13.0. The first-order valence-corrected chi connectivity index (χ1v) is 11.9. The number of esters is 1. The topological polar surface area (TPSA) is 119 Å². The number of aryl methyl sites for hydroxylation is 1. The van der Waals surface area contributed by atoms with E-state index in [-0.39, 0.29) is 41.0 Å². The molecule has 0 unspecified atom stereocenters. The van der Waals surface area contributed by atoms with Crippen LogP contribution in [0.25, 0.3) is 11.0 Å². The van der Waals surface area contributed by atoms with Crippen LogP contribution in [-0.4, -0.2) is 37.0 Å². The predicted octanol–water partition coefficient (Wildman–Crippen LogP) is 3.65. The van der Waals surface area contributed by atoms with Crippen molar-refractivity contribution in [2.45, 2.75) is 17.9 Å². The summed E-state index contributed by atoms with van der Waals surface area (Å²) in [5, 5.41) is 2.76. The number of rotatable bonds is 8. The molecule has 0 spiro atoms. The van der Waals surface area contributed by atoms with Crippen LogP contribution in [-0.2, 0) is 26.1 Å². The molecule has 0 radical (unpaired) electrons. The Morgan fingerprint density at radius 3 is 2.47 bits per heavy atom. The molecule has 0 saturated heterocycles. The van der Waals surface area contributed by atoms with Crippen LogP contribution in [0.4, 0.5) is 11.6 Å². The lowest BCUT2D eigenvalue weighted by molar-refractivity contribution is -0.140. The standard InChI is InChI=1S/C24H22N4O5S/c1-33-22(29)14-15-28-21-13-6-5-12-20(21)25-24(28)26-23(30)17-8-7-9-18(16-17)27-34(31,32)19-10-3-2-4-11-19/h2-13,16,27H,14-15H2,1H3,(H,25,26,30). The van der Waals surface area contributed by atoms with Gasteiger partial charge in [0.1, 0.15) is 0 Å². The van der Waals surface area contributed by atoms with Crippen molar-refractivity contribution in [2.75, 3.05) is 17.1 Å². The van der Waals surface area contributed by atoms with E-state index in [0.29, 0.717) is 5.52 Å². The van der Waals surface area contributed by atoms with Crippen LogP contribution in [0, 0.1) is 0 Å². The van der Waals surface area contributed by atoms with E-state index in [1.165, 1.54) is 25.3 Å². The van der Waals surface area contributed by atoms with Crippen LogP contribution in [0.1, 0.15) is 16.8 Å². The fourth-order valence-electron chi connectivity index (χ4n) is 3.41. The summed E-state index contributed by atoms with van der Waals surface area (Å²) in [7, 11) is -2.48. The number of nitrogens with zero attached hydrogens (tertiary/aromatic N) is 2. The molecule has 34 heavy (non-hydrogen) atoms. The smallest absolute Gasteiger partial charge is 0.307 e. The first kappa shape index (κ1) is 23.0. The maximum Gasteiger partial charge on any atom is 0.307 e. The van der Waals surface area contributed by atoms with Crippen LogP contribution in [0.3, 0.4) is 0 Å². The quantitative estimate of drug-likeness (QED) is 0.373. The molecule has 4 aromatic rings. The number of aromatic nitrogens is 2. The highest BCUT2D eigenvalue weighted by atomic mass is 32.2. The first-order valence-electron chi connectivity index (χ1n) is 10.4. The zero-order valence-electron chi connectivity index (χ0n) is 18.3. The monoisotopic (exact) mass is 478 g/mol. The number of sulfonamides is 1. The highest BCUT2D eigenvalue weighted by Gasteiger charge is 2.17. The Morgan fingerprint density at radius 1 is 0.971 bits per heavy atom. The van der Waals surface area contributed by atoms with Crippen molar-refractivity contribution >= 4 is 44.6 Å². The summed E-state index contributed by atoms with van der Waals surface area (Å²) < 4.78 is 34.1. The highest BCUT2D eigenvalue weighted by molar-refractivity contribution is 7.92. The fraction of sp³-hybridized carbons (Fsp3) is 0.125. The van der Waals surface area contributed by atoms with Crippen molar-refractivity contribution in [3.05, 3.63) is 84.4 Å². The summed E-state index contributed by atoms with van der Waals surface area (Å²) in [5.41, 5.74) is 1.90. The lowest BCUT2D eigenvalue weighted by Crippen LogP contribution is -2.18. The molecule has 0 aliphatic rings. The number of hydrogen-bond acceptors (Lipinski definition) is 6. The third kappa shape index (κ3) is 5.07. The van der Waals surface area contributed by atoms with E-state index in [0.717, 1.165) is 5.52 Å². The van der Waals surface area contributed by atoms with Gasteiger partial charge in [-0.1, -0.05) is 36.4 Å². The normalized spacial score (nSPS) is 11.2. The van der Waals surface area contributed by atoms with Gasteiger partial charge in [-0.15, -0.1) is 0 Å². The highest BCUT2D eigenvalue weighted by Crippen LogP contribution is 2.22. The van der Waals surface area contributed by atoms with Crippen LogP contribution >= 0.6 is 0 Å². The summed E-state index contributed by atoms with van der Waals surface area (Å²) in [5.74, 6) is -0.589. The van der Waals surface area contributed by atoms with Crippen LogP contribution in [0.5, 0.6) is 0 Å². The number of amides is 1. The number of carbonyl (C=O) groups is 2. The molecular formula is C24H22N4O5S. The largest absolute Gasteiger partial charge is 0.469 e. The molecule has 0 atom stereocenters. The van der Waals surface area contributed by atoms with Gasteiger partial charge in [0.15, 0.2) is 0 Å². The molecule has 3 aromatic carbocycles. The van der Waals surface area contributed by atoms with E-state index in [4.69, 9.17) is 4.74 Å². The summed E-state index contributed by atoms with van der Waals surface area (Å²) in [6, 6.07) is 21.4. The minimum atomic E-state index is -3.80. The molecule has 1 amide bonds. The lowest BCUT2D eigenvalue weighted by atomic mass is 10.2. The Balaban J connectivity index is 1.57. The molecule has 10 heteroatoms. The predicted molar refractivity (Wildman–Crippen MR) is 128 cm³/mol. The van der Waals surface area contributed by atoms with Crippen LogP contribution < -0.4 is 10.0 Å². The molecule has 1 aromatic heterocycles. The minimum Gasteiger partial charge on any atom is -0.469 e. The van der Waals surface area contributed by atoms with Gasteiger partial charge in [0.05, 0.1) is 29.5 Å². The van der Waals surface area contributed by atoms with Gasteiger partial charge in [-0.05, 0) is 42.5 Å².